The Morgan fingerprint density at radius 1 is 1.33 bits per heavy atom. The van der Waals surface area contributed by atoms with Crippen LogP contribution in [0.15, 0.2) is 36.5 Å². The van der Waals surface area contributed by atoms with Crippen LogP contribution in [0.5, 0.6) is 0 Å². The van der Waals surface area contributed by atoms with E-state index < -0.39 is 5.60 Å². The standard InChI is InChI=1S/C17H23FN2O/c1-4-13(2)20-9-8-16(19-20)12-17(3,21)11-14-6-5-7-15(18)10-14/h5-10,13,21H,4,11-12H2,1-3H3. The zero-order chi connectivity index (χ0) is 15.5. The fourth-order valence-corrected chi connectivity index (χ4v) is 2.44. The molecule has 1 N–H and O–H groups in total. The molecule has 2 atom stereocenters. The Morgan fingerprint density at radius 2 is 2.10 bits per heavy atom. The van der Waals surface area contributed by atoms with Crippen molar-refractivity contribution in [3.05, 3.63) is 53.6 Å². The normalized spacial score (nSPS) is 15.7. The minimum absolute atomic E-state index is 0.274. The summed E-state index contributed by atoms with van der Waals surface area (Å²) >= 11 is 0. The first kappa shape index (κ1) is 15.7. The summed E-state index contributed by atoms with van der Waals surface area (Å²) in [4.78, 5) is 0. The topological polar surface area (TPSA) is 38.0 Å². The van der Waals surface area contributed by atoms with E-state index in [1.165, 1.54) is 12.1 Å². The Balaban J connectivity index is 2.05. The first-order chi connectivity index (χ1) is 9.89. The van der Waals surface area contributed by atoms with Crippen molar-refractivity contribution in [2.45, 2.75) is 51.7 Å². The maximum Gasteiger partial charge on any atom is 0.123 e. The molecular weight excluding hydrogens is 267 g/mol. The van der Waals surface area contributed by atoms with Gasteiger partial charge in [-0.05, 0) is 44.0 Å². The highest BCUT2D eigenvalue weighted by molar-refractivity contribution is 5.19. The summed E-state index contributed by atoms with van der Waals surface area (Å²) in [6.07, 6.45) is 3.82. The third-order valence-corrected chi connectivity index (χ3v) is 3.74. The molecule has 2 unspecified atom stereocenters. The third kappa shape index (κ3) is 4.39. The molecule has 0 saturated carbocycles. The molecular formula is C17H23FN2O. The molecule has 0 radical (unpaired) electrons. The molecule has 0 bridgehead atoms. The molecule has 0 saturated heterocycles. The van der Waals surface area contributed by atoms with Gasteiger partial charge < -0.3 is 5.11 Å². The average Bonchev–Trinajstić information content (AvgIpc) is 2.84. The van der Waals surface area contributed by atoms with E-state index in [0.717, 1.165) is 17.7 Å². The van der Waals surface area contributed by atoms with Crippen molar-refractivity contribution in [2.24, 2.45) is 0 Å². The highest BCUT2D eigenvalue weighted by Gasteiger charge is 2.23. The fraction of sp³-hybridized carbons (Fsp3) is 0.471. The molecule has 1 aromatic carbocycles. The molecule has 0 spiro atoms. The minimum Gasteiger partial charge on any atom is -0.389 e. The first-order valence-electron chi connectivity index (χ1n) is 7.40. The van der Waals surface area contributed by atoms with Crippen LogP contribution in [-0.2, 0) is 12.8 Å². The zero-order valence-electron chi connectivity index (χ0n) is 12.9. The Hall–Kier alpha value is -1.68. The van der Waals surface area contributed by atoms with Gasteiger partial charge in [-0.15, -0.1) is 0 Å². The van der Waals surface area contributed by atoms with E-state index >= 15 is 0 Å². The van der Waals surface area contributed by atoms with Gasteiger partial charge in [0.05, 0.1) is 11.3 Å². The van der Waals surface area contributed by atoms with Crippen molar-refractivity contribution in [1.29, 1.82) is 0 Å². The van der Waals surface area contributed by atoms with E-state index in [1.807, 2.05) is 23.0 Å². The van der Waals surface area contributed by atoms with Gasteiger partial charge in [0.15, 0.2) is 0 Å². The minimum atomic E-state index is -0.942. The van der Waals surface area contributed by atoms with E-state index in [0.29, 0.717) is 18.9 Å². The van der Waals surface area contributed by atoms with Gasteiger partial charge in [0, 0.05) is 25.1 Å². The molecule has 0 aliphatic heterocycles. The smallest absolute Gasteiger partial charge is 0.123 e. The number of nitrogens with zero attached hydrogens (tertiary/aromatic N) is 2. The molecule has 0 fully saturated rings. The highest BCUT2D eigenvalue weighted by atomic mass is 19.1. The van der Waals surface area contributed by atoms with E-state index in [-0.39, 0.29) is 5.82 Å². The quantitative estimate of drug-likeness (QED) is 0.884. The van der Waals surface area contributed by atoms with Gasteiger partial charge in [0.2, 0.25) is 0 Å². The molecule has 1 heterocycles. The largest absolute Gasteiger partial charge is 0.389 e. The Kier molecular flexibility index (Phi) is 4.78. The molecule has 21 heavy (non-hydrogen) atoms. The SMILES string of the molecule is CCC(C)n1ccc(CC(C)(O)Cc2cccc(F)c2)n1. The van der Waals surface area contributed by atoms with E-state index in [4.69, 9.17) is 0 Å². The van der Waals surface area contributed by atoms with Crippen LogP contribution in [0.4, 0.5) is 4.39 Å². The third-order valence-electron chi connectivity index (χ3n) is 3.74. The summed E-state index contributed by atoms with van der Waals surface area (Å²) in [6, 6.07) is 8.66. The van der Waals surface area contributed by atoms with E-state index in [2.05, 4.69) is 18.9 Å². The monoisotopic (exact) mass is 290 g/mol. The van der Waals surface area contributed by atoms with Crippen molar-refractivity contribution in [1.82, 2.24) is 9.78 Å². The van der Waals surface area contributed by atoms with Crippen molar-refractivity contribution in [2.75, 3.05) is 0 Å². The lowest BCUT2D eigenvalue weighted by atomic mass is 9.92. The van der Waals surface area contributed by atoms with Gasteiger partial charge in [0.1, 0.15) is 5.82 Å². The molecule has 114 valence electrons. The summed E-state index contributed by atoms with van der Waals surface area (Å²) < 4.78 is 15.1. The highest BCUT2D eigenvalue weighted by Crippen LogP contribution is 2.19. The van der Waals surface area contributed by atoms with Gasteiger partial charge in [0.25, 0.3) is 0 Å². The van der Waals surface area contributed by atoms with Crippen LogP contribution in [0, 0.1) is 5.82 Å². The number of benzene rings is 1. The van der Waals surface area contributed by atoms with Crippen LogP contribution >= 0.6 is 0 Å². The van der Waals surface area contributed by atoms with Crippen LogP contribution in [0.3, 0.4) is 0 Å². The zero-order valence-corrected chi connectivity index (χ0v) is 12.9. The summed E-state index contributed by atoms with van der Waals surface area (Å²) in [5, 5.41) is 15.1. The number of halogens is 1. The molecule has 1 aromatic heterocycles. The predicted molar refractivity (Wildman–Crippen MR) is 81.7 cm³/mol. The second kappa shape index (κ2) is 6.39. The second-order valence-corrected chi connectivity index (χ2v) is 6.02. The average molecular weight is 290 g/mol. The lowest BCUT2D eigenvalue weighted by Crippen LogP contribution is -2.30. The van der Waals surface area contributed by atoms with Crippen LogP contribution in [0.1, 0.15) is 44.5 Å². The lowest BCUT2D eigenvalue weighted by molar-refractivity contribution is 0.0595. The summed E-state index contributed by atoms with van der Waals surface area (Å²) in [5.41, 5.74) is 0.709. The Morgan fingerprint density at radius 3 is 2.76 bits per heavy atom. The number of rotatable bonds is 6. The molecule has 2 aromatic rings. The molecule has 0 aliphatic rings. The number of hydrogen-bond donors (Lipinski definition) is 1. The number of aromatic nitrogens is 2. The van der Waals surface area contributed by atoms with Crippen molar-refractivity contribution < 1.29 is 9.50 Å². The molecule has 0 amide bonds. The van der Waals surface area contributed by atoms with Crippen molar-refractivity contribution in [3.8, 4) is 0 Å². The Bertz CT molecular complexity index is 592. The van der Waals surface area contributed by atoms with Gasteiger partial charge in [-0.2, -0.15) is 5.10 Å². The first-order valence-corrected chi connectivity index (χ1v) is 7.40. The molecule has 4 heteroatoms. The van der Waals surface area contributed by atoms with Crippen LogP contribution in [-0.4, -0.2) is 20.5 Å². The van der Waals surface area contributed by atoms with Gasteiger partial charge >= 0.3 is 0 Å². The van der Waals surface area contributed by atoms with E-state index in [9.17, 15) is 9.50 Å². The van der Waals surface area contributed by atoms with E-state index in [1.54, 1.807) is 13.0 Å². The molecule has 2 rings (SSSR count). The van der Waals surface area contributed by atoms with Crippen molar-refractivity contribution in [3.63, 3.8) is 0 Å². The maximum atomic E-state index is 13.2. The number of hydrogen-bond acceptors (Lipinski definition) is 2. The van der Waals surface area contributed by atoms with Crippen LogP contribution < -0.4 is 0 Å². The fourth-order valence-electron chi connectivity index (χ4n) is 2.44. The van der Waals surface area contributed by atoms with Gasteiger partial charge in [-0.3, -0.25) is 4.68 Å². The summed E-state index contributed by atoms with van der Waals surface area (Å²) in [6.45, 7) is 5.99. The summed E-state index contributed by atoms with van der Waals surface area (Å²) in [5.74, 6) is -0.274. The molecule has 0 aliphatic carbocycles. The van der Waals surface area contributed by atoms with Gasteiger partial charge in [-0.1, -0.05) is 19.1 Å². The number of aliphatic hydroxyl groups is 1. The second-order valence-electron chi connectivity index (χ2n) is 6.02. The maximum absolute atomic E-state index is 13.2. The van der Waals surface area contributed by atoms with Crippen molar-refractivity contribution >= 4 is 0 Å². The van der Waals surface area contributed by atoms with Gasteiger partial charge in [-0.25, -0.2) is 4.39 Å². The van der Waals surface area contributed by atoms with Crippen LogP contribution in [0.2, 0.25) is 0 Å². The summed E-state index contributed by atoms with van der Waals surface area (Å²) in [7, 11) is 0. The predicted octanol–water partition coefficient (Wildman–Crippen LogP) is 3.53. The van der Waals surface area contributed by atoms with Crippen LogP contribution in [0.25, 0.3) is 0 Å². The molecule has 3 nitrogen and oxygen atoms in total. The lowest BCUT2D eigenvalue weighted by Gasteiger charge is -2.22. The Labute approximate surface area is 125 Å².